The van der Waals surface area contributed by atoms with Crippen molar-refractivity contribution in [3.63, 3.8) is 0 Å². The van der Waals surface area contributed by atoms with E-state index in [1.165, 1.54) is 11.6 Å². The number of hydrogen-bond acceptors (Lipinski definition) is 7. The van der Waals surface area contributed by atoms with E-state index < -0.39 is 0 Å². The molecule has 0 bridgehead atoms. The van der Waals surface area contributed by atoms with Crippen molar-refractivity contribution in [3.05, 3.63) is 47.0 Å². The van der Waals surface area contributed by atoms with Gasteiger partial charge in [0.05, 0.1) is 27.5 Å². The van der Waals surface area contributed by atoms with Gasteiger partial charge in [0.2, 0.25) is 12.7 Å². The number of aromatic nitrogens is 1. The summed E-state index contributed by atoms with van der Waals surface area (Å²) in [6.07, 6.45) is 2.10. The minimum Gasteiger partial charge on any atom is -0.454 e. The first kappa shape index (κ1) is 20.0. The number of carbonyl (C=O) groups excluding carboxylic acids is 2. The van der Waals surface area contributed by atoms with Crippen LogP contribution in [-0.2, 0) is 4.79 Å². The molecule has 0 radical (unpaired) electrons. The Labute approximate surface area is 184 Å². The predicted octanol–water partition coefficient (Wildman–Crippen LogP) is 4.05. The Morgan fingerprint density at radius 1 is 1.23 bits per heavy atom. The van der Waals surface area contributed by atoms with Crippen LogP contribution in [0.3, 0.4) is 0 Å². The van der Waals surface area contributed by atoms with Crippen molar-refractivity contribution in [2.75, 3.05) is 31.7 Å². The molecule has 0 spiro atoms. The lowest BCUT2D eigenvalue weighted by Crippen LogP contribution is -2.39. The molecular formula is C23H23N3O4S. The zero-order chi connectivity index (χ0) is 21.4. The van der Waals surface area contributed by atoms with Crippen LogP contribution in [0.15, 0.2) is 36.4 Å². The number of hydrogen-bond donors (Lipinski definition) is 1. The SMILES string of the molecule is CC(=O)c1cc2c(cc1NC(=O)CN1CCC[C@@H](c3nc4ccccc4s3)C1)OCO2. The second-order valence-electron chi connectivity index (χ2n) is 7.95. The summed E-state index contributed by atoms with van der Waals surface area (Å²) in [7, 11) is 0. The van der Waals surface area contributed by atoms with E-state index in [-0.39, 0.29) is 25.0 Å². The van der Waals surface area contributed by atoms with Crippen molar-refractivity contribution < 1.29 is 19.1 Å². The van der Waals surface area contributed by atoms with Gasteiger partial charge in [-0.05, 0) is 44.5 Å². The highest BCUT2D eigenvalue weighted by atomic mass is 32.1. The number of fused-ring (bicyclic) bond motifs is 2. The third-order valence-corrected chi connectivity index (χ3v) is 6.90. The lowest BCUT2D eigenvalue weighted by Gasteiger charge is -2.31. The van der Waals surface area contributed by atoms with Crippen molar-refractivity contribution in [3.8, 4) is 11.5 Å². The van der Waals surface area contributed by atoms with Crippen LogP contribution in [0.2, 0.25) is 0 Å². The average molecular weight is 438 g/mol. The van der Waals surface area contributed by atoms with Gasteiger partial charge in [0.1, 0.15) is 0 Å². The summed E-state index contributed by atoms with van der Waals surface area (Å²) in [6.45, 7) is 3.53. The summed E-state index contributed by atoms with van der Waals surface area (Å²) in [5, 5.41) is 4.03. The summed E-state index contributed by atoms with van der Waals surface area (Å²) >= 11 is 1.74. The fourth-order valence-electron chi connectivity index (χ4n) is 4.19. The quantitative estimate of drug-likeness (QED) is 0.607. The Morgan fingerprint density at radius 2 is 2.03 bits per heavy atom. The minimum atomic E-state index is -0.147. The van der Waals surface area contributed by atoms with E-state index in [4.69, 9.17) is 14.5 Å². The number of benzene rings is 2. The molecule has 31 heavy (non-hydrogen) atoms. The van der Waals surface area contributed by atoms with E-state index in [0.717, 1.165) is 36.5 Å². The fourth-order valence-corrected chi connectivity index (χ4v) is 5.29. The molecule has 1 amide bonds. The zero-order valence-corrected chi connectivity index (χ0v) is 18.0. The van der Waals surface area contributed by atoms with Crippen molar-refractivity contribution in [1.29, 1.82) is 0 Å². The number of ether oxygens (including phenoxy) is 2. The molecule has 1 N–H and O–H groups in total. The lowest BCUT2D eigenvalue weighted by molar-refractivity contribution is -0.117. The summed E-state index contributed by atoms with van der Waals surface area (Å²) in [5.41, 5.74) is 1.92. The number of carbonyl (C=O) groups is 2. The van der Waals surface area contributed by atoms with Crippen LogP contribution < -0.4 is 14.8 Å². The van der Waals surface area contributed by atoms with Crippen LogP contribution in [0.25, 0.3) is 10.2 Å². The number of para-hydroxylation sites is 1. The van der Waals surface area contributed by atoms with Gasteiger partial charge in [-0.1, -0.05) is 12.1 Å². The summed E-state index contributed by atoms with van der Waals surface area (Å²) in [4.78, 5) is 31.8. The Hall–Kier alpha value is -2.97. The monoisotopic (exact) mass is 437 g/mol. The second-order valence-corrected chi connectivity index (χ2v) is 9.01. The maximum Gasteiger partial charge on any atom is 0.238 e. The molecule has 1 fully saturated rings. The van der Waals surface area contributed by atoms with Crippen LogP contribution in [0.5, 0.6) is 11.5 Å². The molecule has 3 aromatic rings. The molecule has 0 saturated carbocycles. The molecule has 2 aromatic carbocycles. The third kappa shape index (κ3) is 4.13. The van der Waals surface area contributed by atoms with Crippen molar-refractivity contribution in [1.82, 2.24) is 9.88 Å². The molecule has 1 saturated heterocycles. The van der Waals surface area contributed by atoms with E-state index in [2.05, 4.69) is 16.3 Å². The number of Topliss-reactive ketones (excluding diaryl/α,β-unsaturated/α-hetero) is 1. The molecule has 1 atom stereocenters. The Kier molecular flexibility index (Phi) is 5.33. The van der Waals surface area contributed by atoms with Crippen LogP contribution in [-0.4, -0.2) is 48.0 Å². The van der Waals surface area contributed by atoms with Gasteiger partial charge in [0, 0.05) is 24.1 Å². The lowest BCUT2D eigenvalue weighted by atomic mass is 9.99. The van der Waals surface area contributed by atoms with Gasteiger partial charge in [-0.2, -0.15) is 0 Å². The topological polar surface area (TPSA) is 80.8 Å². The summed E-state index contributed by atoms with van der Waals surface area (Å²) in [6, 6.07) is 11.5. The highest BCUT2D eigenvalue weighted by Crippen LogP contribution is 2.37. The van der Waals surface area contributed by atoms with Gasteiger partial charge in [-0.25, -0.2) is 4.98 Å². The highest BCUT2D eigenvalue weighted by Gasteiger charge is 2.26. The average Bonchev–Trinajstić information content (AvgIpc) is 3.39. The number of thiazole rings is 1. The van der Waals surface area contributed by atoms with Crippen molar-refractivity contribution in [2.45, 2.75) is 25.7 Å². The van der Waals surface area contributed by atoms with Gasteiger partial charge in [0.25, 0.3) is 0 Å². The number of likely N-dealkylation sites (tertiary alicyclic amines) is 1. The molecule has 2 aliphatic heterocycles. The van der Waals surface area contributed by atoms with Crippen LogP contribution in [0.4, 0.5) is 5.69 Å². The number of piperidine rings is 1. The predicted molar refractivity (Wildman–Crippen MR) is 119 cm³/mol. The number of anilines is 1. The number of rotatable bonds is 5. The molecule has 8 heteroatoms. The molecule has 160 valence electrons. The van der Waals surface area contributed by atoms with Crippen LogP contribution >= 0.6 is 11.3 Å². The Morgan fingerprint density at radius 3 is 2.84 bits per heavy atom. The van der Waals surface area contributed by atoms with E-state index in [1.807, 2.05) is 18.2 Å². The molecule has 0 unspecified atom stereocenters. The number of amides is 1. The normalized spacial score (nSPS) is 18.3. The van der Waals surface area contributed by atoms with E-state index in [0.29, 0.717) is 28.7 Å². The van der Waals surface area contributed by atoms with E-state index >= 15 is 0 Å². The maximum atomic E-state index is 12.8. The largest absolute Gasteiger partial charge is 0.454 e. The summed E-state index contributed by atoms with van der Waals surface area (Å²) < 4.78 is 11.9. The van der Waals surface area contributed by atoms with E-state index in [9.17, 15) is 9.59 Å². The minimum absolute atomic E-state index is 0.116. The van der Waals surface area contributed by atoms with Crippen molar-refractivity contribution in [2.24, 2.45) is 0 Å². The van der Waals surface area contributed by atoms with E-state index in [1.54, 1.807) is 23.5 Å². The molecule has 3 heterocycles. The third-order valence-electron chi connectivity index (χ3n) is 5.70. The molecular weight excluding hydrogens is 414 g/mol. The Bertz CT molecular complexity index is 1130. The van der Waals surface area contributed by atoms with Gasteiger partial charge < -0.3 is 14.8 Å². The highest BCUT2D eigenvalue weighted by molar-refractivity contribution is 7.18. The molecule has 0 aliphatic carbocycles. The molecule has 2 aliphatic rings. The fraction of sp³-hybridized carbons (Fsp3) is 0.348. The number of ketones is 1. The first-order valence-corrected chi connectivity index (χ1v) is 11.2. The number of nitrogens with one attached hydrogen (secondary N) is 1. The second kappa shape index (κ2) is 8.28. The smallest absolute Gasteiger partial charge is 0.238 e. The van der Waals surface area contributed by atoms with Gasteiger partial charge >= 0.3 is 0 Å². The molecule has 7 nitrogen and oxygen atoms in total. The van der Waals surface area contributed by atoms with Crippen LogP contribution in [0, 0.1) is 0 Å². The standard InChI is InChI=1S/C23H23N3O4S/c1-14(27)16-9-19-20(30-13-29-19)10-18(16)24-22(28)12-26-8-4-5-15(11-26)23-25-17-6-2-3-7-21(17)31-23/h2-3,6-7,9-10,15H,4-5,8,11-13H2,1H3,(H,24,28)/t15-/m1/s1. The van der Waals surface area contributed by atoms with Crippen molar-refractivity contribution >= 4 is 38.9 Å². The molecule has 1 aromatic heterocycles. The zero-order valence-electron chi connectivity index (χ0n) is 17.2. The first-order valence-electron chi connectivity index (χ1n) is 10.4. The Balaban J connectivity index is 1.27. The number of nitrogens with zero attached hydrogens (tertiary/aromatic N) is 2. The maximum absolute atomic E-state index is 12.8. The van der Waals surface area contributed by atoms with Gasteiger partial charge in [-0.3, -0.25) is 14.5 Å². The van der Waals surface area contributed by atoms with Crippen LogP contribution in [0.1, 0.15) is 41.0 Å². The van der Waals surface area contributed by atoms with Gasteiger partial charge in [-0.15, -0.1) is 11.3 Å². The first-order chi connectivity index (χ1) is 15.1. The molecule has 5 rings (SSSR count). The summed E-state index contributed by atoms with van der Waals surface area (Å²) in [5.74, 6) is 1.11. The van der Waals surface area contributed by atoms with Gasteiger partial charge in [0.15, 0.2) is 17.3 Å².